The van der Waals surface area contributed by atoms with Crippen LogP contribution in [0, 0.1) is 0 Å². The standard InChI is InChI=1S/C34H25ClN2O3S/c35-26-17-19-30-28(20-26)32(23-10-5-2-6-11-23)33(41(39,40)37(30)21-22-8-3-1-4-9-22)34(38)36-29-18-16-25-15-14-24-12-7-13-27(29)31(24)25/h1-13,16-20H,14-15,21H2,(H,36,38). The highest BCUT2D eigenvalue weighted by molar-refractivity contribution is 7.97. The number of rotatable bonds is 5. The van der Waals surface area contributed by atoms with Crippen molar-refractivity contribution in [1.29, 1.82) is 0 Å². The maximum atomic E-state index is 14.5. The van der Waals surface area contributed by atoms with Gasteiger partial charge in [-0.3, -0.25) is 9.10 Å². The molecule has 0 fully saturated rings. The summed E-state index contributed by atoms with van der Waals surface area (Å²) in [5.41, 5.74) is 5.85. The number of amides is 1. The van der Waals surface area contributed by atoms with Crippen molar-refractivity contribution in [3.8, 4) is 0 Å². The van der Waals surface area contributed by atoms with Gasteiger partial charge in [0.15, 0.2) is 4.91 Å². The first kappa shape index (κ1) is 25.6. The molecule has 0 bridgehead atoms. The molecule has 5 nitrogen and oxygen atoms in total. The predicted molar refractivity (Wildman–Crippen MR) is 165 cm³/mol. The largest absolute Gasteiger partial charge is 0.321 e. The van der Waals surface area contributed by atoms with Crippen molar-refractivity contribution in [3.63, 3.8) is 0 Å². The van der Waals surface area contributed by atoms with Crippen LogP contribution in [0.25, 0.3) is 16.3 Å². The van der Waals surface area contributed by atoms with Gasteiger partial charge in [-0.1, -0.05) is 96.5 Å². The zero-order valence-electron chi connectivity index (χ0n) is 22.0. The first-order chi connectivity index (χ1) is 19.9. The highest BCUT2D eigenvalue weighted by atomic mass is 35.5. The fraction of sp³-hybridized carbons (Fsp3) is 0.0882. The fourth-order valence-corrected chi connectivity index (χ4v) is 7.89. The summed E-state index contributed by atoms with van der Waals surface area (Å²) in [7, 11) is -4.30. The first-order valence-electron chi connectivity index (χ1n) is 13.4. The van der Waals surface area contributed by atoms with Crippen LogP contribution >= 0.6 is 11.6 Å². The van der Waals surface area contributed by atoms with E-state index in [1.54, 1.807) is 18.2 Å². The van der Waals surface area contributed by atoms with Crippen molar-refractivity contribution in [3.05, 3.63) is 147 Å². The highest BCUT2D eigenvalue weighted by Gasteiger charge is 2.41. The lowest BCUT2D eigenvalue weighted by Gasteiger charge is -2.33. The van der Waals surface area contributed by atoms with Crippen LogP contribution in [0.15, 0.2) is 114 Å². The number of benzene rings is 5. The molecule has 0 unspecified atom stereocenters. The van der Waals surface area contributed by atoms with Gasteiger partial charge in [0.2, 0.25) is 0 Å². The summed E-state index contributed by atoms with van der Waals surface area (Å²) in [5.74, 6) is -0.689. The van der Waals surface area contributed by atoms with E-state index in [4.69, 9.17) is 11.6 Å². The average molecular weight is 577 g/mol. The molecule has 0 aromatic heterocycles. The van der Waals surface area contributed by atoms with Gasteiger partial charge in [0, 0.05) is 27.2 Å². The van der Waals surface area contributed by atoms with Crippen molar-refractivity contribution >= 4 is 55.3 Å². The molecule has 7 heteroatoms. The minimum atomic E-state index is -4.30. The van der Waals surface area contributed by atoms with Gasteiger partial charge in [-0.2, -0.15) is 0 Å². The summed E-state index contributed by atoms with van der Waals surface area (Å²) in [6.45, 7) is 0.0671. The Bertz CT molecular complexity index is 1980. The van der Waals surface area contributed by atoms with Crippen LogP contribution < -0.4 is 9.62 Å². The summed E-state index contributed by atoms with van der Waals surface area (Å²) in [4.78, 5) is 14.0. The number of carbonyl (C=O) groups excluding carboxylic acids is 1. The number of hydrogen-bond donors (Lipinski definition) is 1. The van der Waals surface area contributed by atoms with E-state index in [9.17, 15) is 13.2 Å². The molecule has 5 aromatic carbocycles. The van der Waals surface area contributed by atoms with Crippen LogP contribution in [0.4, 0.5) is 11.4 Å². The Balaban J connectivity index is 1.44. The predicted octanol–water partition coefficient (Wildman–Crippen LogP) is 7.34. The Morgan fingerprint density at radius 2 is 1.51 bits per heavy atom. The molecule has 5 aromatic rings. The molecule has 1 heterocycles. The number of hydrogen-bond acceptors (Lipinski definition) is 3. The summed E-state index contributed by atoms with van der Waals surface area (Å²) >= 11 is 6.48. The molecule has 1 aliphatic heterocycles. The fourth-order valence-electron chi connectivity index (χ4n) is 5.99. The van der Waals surface area contributed by atoms with E-state index in [0.717, 1.165) is 29.2 Å². The third kappa shape index (κ3) is 4.31. The molecule has 0 saturated heterocycles. The molecule has 0 saturated carbocycles. The van der Waals surface area contributed by atoms with E-state index >= 15 is 0 Å². The lowest BCUT2D eigenvalue weighted by Crippen LogP contribution is -2.39. The number of carbonyl (C=O) groups is 1. The number of sulfonamides is 1. The molecule has 1 amide bonds. The van der Waals surface area contributed by atoms with Crippen molar-refractivity contribution in [2.75, 3.05) is 9.62 Å². The first-order valence-corrected chi connectivity index (χ1v) is 15.2. The maximum absolute atomic E-state index is 14.5. The topological polar surface area (TPSA) is 66.5 Å². The van der Waals surface area contributed by atoms with Crippen molar-refractivity contribution in [1.82, 2.24) is 0 Å². The number of anilines is 2. The van der Waals surface area contributed by atoms with Crippen LogP contribution in [0.3, 0.4) is 0 Å². The molecule has 41 heavy (non-hydrogen) atoms. The van der Waals surface area contributed by atoms with Crippen LogP contribution in [0.1, 0.15) is 27.8 Å². The molecule has 0 spiro atoms. The molecule has 1 N–H and O–H groups in total. The van der Waals surface area contributed by atoms with Gasteiger partial charge >= 0.3 is 0 Å². The number of fused-ring (bicyclic) bond motifs is 1. The Hall–Kier alpha value is -4.39. The third-order valence-corrected chi connectivity index (χ3v) is 9.88. The Morgan fingerprint density at radius 1 is 0.805 bits per heavy atom. The van der Waals surface area contributed by atoms with E-state index in [2.05, 4.69) is 11.4 Å². The summed E-state index contributed by atoms with van der Waals surface area (Å²) in [5, 5.41) is 5.48. The van der Waals surface area contributed by atoms with Crippen LogP contribution in [0.5, 0.6) is 0 Å². The zero-order chi connectivity index (χ0) is 28.1. The Kier molecular flexibility index (Phi) is 6.18. The average Bonchev–Trinajstić information content (AvgIpc) is 3.41. The highest BCUT2D eigenvalue weighted by Crippen LogP contribution is 2.45. The van der Waals surface area contributed by atoms with Crippen LogP contribution in [-0.4, -0.2) is 14.3 Å². The number of aryl methyl sites for hydroxylation is 2. The molecule has 0 radical (unpaired) electrons. The van der Waals surface area contributed by atoms with Gasteiger partial charge in [0.1, 0.15) is 0 Å². The maximum Gasteiger partial charge on any atom is 0.270 e. The van der Waals surface area contributed by atoms with Gasteiger partial charge in [0.25, 0.3) is 15.9 Å². The van der Waals surface area contributed by atoms with Gasteiger partial charge in [-0.15, -0.1) is 0 Å². The normalized spacial score (nSPS) is 15.2. The van der Waals surface area contributed by atoms with Gasteiger partial charge < -0.3 is 5.32 Å². The monoisotopic (exact) mass is 576 g/mol. The van der Waals surface area contributed by atoms with E-state index < -0.39 is 15.9 Å². The zero-order valence-corrected chi connectivity index (χ0v) is 23.5. The van der Waals surface area contributed by atoms with Gasteiger partial charge in [-0.05, 0) is 64.7 Å². The second-order valence-electron chi connectivity index (χ2n) is 10.3. The minimum absolute atomic E-state index is 0.0671. The second-order valence-corrected chi connectivity index (χ2v) is 12.5. The molecule has 7 rings (SSSR count). The van der Waals surface area contributed by atoms with Gasteiger partial charge in [-0.25, -0.2) is 8.42 Å². The third-order valence-electron chi connectivity index (χ3n) is 7.83. The smallest absolute Gasteiger partial charge is 0.270 e. The second kappa shape index (κ2) is 9.91. The summed E-state index contributed by atoms with van der Waals surface area (Å²) < 4.78 is 30.4. The van der Waals surface area contributed by atoms with Crippen LogP contribution in [-0.2, 0) is 34.2 Å². The van der Waals surface area contributed by atoms with Crippen LogP contribution in [0.2, 0.25) is 5.02 Å². The summed E-state index contributed by atoms with van der Waals surface area (Å²) in [6.07, 6.45) is 1.90. The molecule has 0 atom stereocenters. The number of nitrogens with one attached hydrogen (secondary N) is 1. The van der Waals surface area contributed by atoms with E-state index in [1.807, 2.05) is 84.9 Å². The Labute approximate surface area is 243 Å². The van der Waals surface area contributed by atoms with Crippen molar-refractivity contribution in [2.24, 2.45) is 0 Å². The minimum Gasteiger partial charge on any atom is -0.321 e. The number of nitrogens with zero attached hydrogens (tertiary/aromatic N) is 1. The van der Waals surface area contributed by atoms with E-state index in [-0.39, 0.29) is 11.4 Å². The molecule has 2 aliphatic rings. The van der Waals surface area contributed by atoms with E-state index in [0.29, 0.717) is 33.1 Å². The van der Waals surface area contributed by atoms with Gasteiger partial charge in [0.05, 0.1) is 12.2 Å². The lowest BCUT2D eigenvalue weighted by atomic mass is 9.95. The summed E-state index contributed by atoms with van der Waals surface area (Å²) in [6, 6.07) is 33.6. The molecule has 1 aliphatic carbocycles. The Morgan fingerprint density at radius 3 is 2.27 bits per heavy atom. The molecular formula is C34H25ClN2O3S. The SMILES string of the molecule is O=C(Nc1ccc2c3c(cccc13)CC2)C1=C(c2ccccc2)c2cc(Cl)ccc2N(Cc2ccccc2)S1(=O)=O. The molecular weight excluding hydrogens is 552 g/mol. The van der Waals surface area contributed by atoms with E-state index in [1.165, 1.54) is 15.4 Å². The molecule has 202 valence electrons. The van der Waals surface area contributed by atoms with Crippen molar-refractivity contribution < 1.29 is 13.2 Å². The van der Waals surface area contributed by atoms with Crippen molar-refractivity contribution in [2.45, 2.75) is 19.4 Å². The lowest BCUT2D eigenvalue weighted by molar-refractivity contribution is -0.112. The number of halogens is 1. The quantitative estimate of drug-likeness (QED) is 0.238.